The van der Waals surface area contributed by atoms with Crippen LogP contribution in [-0.2, 0) is 25.6 Å². The number of nitrogens with one attached hydrogen (secondary N) is 3. The maximum Gasteiger partial charge on any atom is 0.326 e. The predicted molar refractivity (Wildman–Crippen MR) is 136 cm³/mol. The van der Waals surface area contributed by atoms with Gasteiger partial charge in [-0.3, -0.25) is 14.4 Å². The lowest BCUT2D eigenvalue weighted by Gasteiger charge is -2.28. The highest BCUT2D eigenvalue weighted by molar-refractivity contribution is 5.94. The normalized spacial score (nSPS) is 17.8. The van der Waals surface area contributed by atoms with Crippen LogP contribution in [0.4, 0.5) is 0 Å². The van der Waals surface area contributed by atoms with Crippen LogP contribution in [0.1, 0.15) is 37.7 Å². The number of hydrogen-bond acceptors (Lipinski definition) is 7. The molecule has 9 N–H and O–H groups in total. The Morgan fingerprint density at radius 1 is 1.14 bits per heavy atom. The van der Waals surface area contributed by atoms with E-state index in [0.717, 1.165) is 16.5 Å². The summed E-state index contributed by atoms with van der Waals surface area (Å²) in [6.45, 7) is 0.0157. The lowest BCUT2D eigenvalue weighted by molar-refractivity contribution is -0.143. The fourth-order valence-electron chi connectivity index (χ4n) is 4.63. The third-order valence-electron chi connectivity index (χ3n) is 6.65. The van der Waals surface area contributed by atoms with E-state index in [1.54, 1.807) is 0 Å². The zero-order valence-electron chi connectivity index (χ0n) is 20.7. The topological polar surface area (TPSA) is 204 Å². The second kappa shape index (κ2) is 13.2. The number of hydrogen-bond donors (Lipinski definition) is 7. The Labute approximate surface area is 214 Å². The Hall–Kier alpha value is -3.48. The van der Waals surface area contributed by atoms with Crippen LogP contribution in [0.5, 0.6) is 0 Å². The number of H-pyrrole nitrogens is 1. The van der Waals surface area contributed by atoms with Gasteiger partial charge in [-0.2, -0.15) is 0 Å². The molecule has 3 rings (SSSR count). The SMILES string of the molecule is NCCCCC(NC(=O)C(CO)NC(=O)C1CCCN1C(=O)C(N)Cc1c[nH]c2ccccc12)C(=O)O. The first kappa shape index (κ1) is 28.1. The summed E-state index contributed by atoms with van der Waals surface area (Å²) in [6.07, 6.45) is 4.35. The summed E-state index contributed by atoms with van der Waals surface area (Å²) >= 11 is 0. The number of likely N-dealkylation sites (tertiary alicyclic amines) is 1. The van der Waals surface area contributed by atoms with Crippen molar-refractivity contribution in [3.63, 3.8) is 0 Å². The van der Waals surface area contributed by atoms with Crippen molar-refractivity contribution < 1.29 is 29.4 Å². The standard InChI is InChI=1S/C25H36N6O6/c26-10-4-3-8-19(25(36)37)29-22(33)20(14-32)30-23(34)21-9-5-11-31(21)24(35)17(27)12-15-13-28-18-7-2-1-6-16(15)18/h1-2,6-7,13,17,19-21,28,32H,3-5,8-12,14,26-27H2,(H,29,33)(H,30,34)(H,36,37). The number of rotatable bonds is 13. The van der Waals surface area contributed by atoms with E-state index in [4.69, 9.17) is 11.5 Å². The third kappa shape index (κ3) is 7.06. The van der Waals surface area contributed by atoms with Crippen molar-refractivity contribution in [2.75, 3.05) is 19.7 Å². The van der Waals surface area contributed by atoms with Gasteiger partial charge in [0.05, 0.1) is 12.6 Å². The number of nitrogens with two attached hydrogens (primary N) is 2. The van der Waals surface area contributed by atoms with Gasteiger partial charge in [0.25, 0.3) is 0 Å². The van der Waals surface area contributed by atoms with Gasteiger partial charge in [0.2, 0.25) is 17.7 Å². The summed E-state index contributed by atoms with van der Waals surface area (Å²) in [5, 5.41) is 24.9. The molecule has 1 fully saturated rings. The fraction of sp³-hybridized carbons (Fsp3) is 0.520. The van der Waals surface area contributed by atoms with Crippen LogP contribution < -0.4 is 22.1 Å². The molecule has 3 amide bonds. The van der Waals surface area contributed by atoms with E-state index in [-0.39, 0.29) is 18.7 Å². The van der Waals surface area contributed by atoms with Gasteiger partial charge in [-0.15, -0.1) is 0 Å². The molecule has 1 saturated heterocycles. The molecular formula is C25H36N6O6. The summed E-state index contributed by atoms with van der Waals surface area (Å²) in [5.41, 5.74) is 13.5. The molecule has 202 valence electrons. The van der Waals surface area contributed by atoms with Gasteiger partial charge >= 0.3 is 5.97 Å². The van der Waals surface area contributed by atoms with Crippen molar-refractivity contribution in [3.8, 4) is 0 Å². The number of nitrogens with zero attached hydrogens (tertiary/aromatic N) is 1. The molecule has 1 aromatic carbocycles. The number of unbranched alkanes of at least 4 members (excludes halogenated alkanes) is 1. The van der Waals surface area contributed by atoms with Crippen molar-refractivity contribution >= 4 is 34.6 Å². The number of carboxylic acid groups (broad SMARTS) is 1. The molecule has 0 radical (unpaired) electrons. The van der Waals surface area contributed by atoms with E-state index >= 15 is 0 Å². The van der Waals surface area contributed by atoms with E-state index in [0.29, 0.717) is 38.8 Å². The van der Waals surface area contributed by atoms with Crippen LogP contribution in [0.2, 0.25) is 0 Å². The third-order valence-corrected chi connectivity index (χ3v) is 6.65. The van der Waals surface area contributed by atoms with Gasteiger partial charge in [0.1, 0.15) is 18.1 Å². The highest BCUT2D eigenvalue weighted by Crippen LogP contribution is 2.22. The number of aliphatic carboxylic acids is 1. The number of aromatic amines is 1. The maximum atomic E-state index is 13.2. The van der Waals surface area contributed by atoms with E-state index in [1.807, 2.05) is 30.5 Å². The largest absolute Gasteiger partial charge is 0.480 e. The average molecular weight is 517 g/mol. The molecule has 37 heavy (non-hydrogen) atoms. The van der Waals surface area contributed by atoms with Gasteiger partial charge < -0.3 is 42.2 Å². The summed E-state index contributed by atoms with van der Waals surface area (Å²) in [6, 6.07) is 3.44. The monoisotopic (exact) mass is 516 g/mol. The summed E-state index contributed by atoms with van der Waals surface area (Å²) < 4.78 is 0. The zero-order chi connectivity index (χ0) is 26.9. The number of para-hydroxylation sites is 1. The molecule has 4 atom stereocenters. The van der Waals surface area contributed by atoms with Crippen molar-refractivity contribution in [1.82, 2.24) is 20.5 Å². The number of amides is 3. The van der Waals surface area contributed by atoms with Crippen molar-refractivity contribution in [2.24, 2.45) is 11.5 Å². The lowest BCUT2D eigenvalue weighted by atomic mass is 10.0. The molecule has 1 aromatic heterocycles. The molecular weight excluding hydrogens is 480 g/mol. The molecule has 1 aliphatic heterocycles. The van der Waals surface area contributed by atoms with Crippen molar-refractivity contribution in [2.45, 2.75) is 62.7 Å². The molecule has 12 nitrogen and oxygen atoms in total. The highest BCUT2D eigenvalue weighted by atomic mass is 16.4. The first-order valence-electron chi connectivity index (χ1n) is 12.5. The van der Waals surface area contributed by atoms with Crippen LogP contribution in [0, 0.1) is 0 Å². The first-order chi connectivity index (χ1) is 17.8. The minimum Gasteiger partial charge on any atom is -0.480 e. The van der Waals surface area contributed by atoms with Crippen LogP contribution in [-0.4, -0.2) is 87.7 Å². The number of aliphatic hydroxyl groups excluding tert-OH is 1. The Morgan fingerprint density at radius 2 is 1.89 bits per heavy atom. The van der Waals surface area contributed by atoms with E-state index in [9.17, 15) is 29.4 Å². The van der Waals surface area contributed by atoms with Gasteiger partial charge in [-0.05, 0) is 56.7 Å². The Morgan fingerprint density at radius 3 is 2.59 bits per heavy atom. The minimum absolute atomic E-state index is 0.170. The van der Waals surface area contributed by atoms with Crippen molar-refractivity contribution in [1.29, 1.82) is 0 Å². The molecule has 4 unspecified atom stereocenters. The number of aromatic nitrogens is 1. The summed E-state index contributed by atoms with van der Waals surface area (Å²) in [7, 11) is 0. The molecule has 1 aliphatic rings. The van der Waals surface area contributed by atoms with Gasteiger partial charge in [0, 0.05) is 23.6 Å². The minimum atomic E-state index is -1.36. The van der Waals surface area contributed by atoms with Crippen LogP contribution in [0.25, 0.3) is 10.9 Å². The van der Waals surface area contributed by atoms with E-state index < -0.39 is 48.6 Å². The van der Waals surface area contributed by atoms with Gasteiger partial charge in [0.15, 0.2) is 0 Å². The fourth-order valence-corrected chi connectivity index (χ4v) is 4.63. The molecule has 0 bridgehead atoms. The van der Waals surface area contributed by atoms with Crippen molar-refractivity contribution in [3.05, 3.63) is 36.0 Å². The predicted octanol–water partition coefficient (Wildman–Crippen LogP) is -0.796. The van der Waals surface area contributed by atoms with Crippen LogP contribution >= 0.6 is 0 Å². The number of benzene rings is 1. The number of aliphatic hydroxyl groups is 1. The number of carbonyl (C=O) groups is 4. The molecule has 12 heteroatoms. The Bertz CT molecular complexity index is 1100. The number of carbonyl (C=O) groups excluding carboxylic acids is 3. The second-order valence-electron chi connectivity index (χ2n) is 9.29. The average Bonchev–Trinajstić information content (AvgIpc) is 3.53. The maximum absolute atomic E-state index is 13.2. The molecule has 2 aromatic rings. The Kier molecular flexibility index (Phi) is 10.0. The number of fused-ring (bicyclic) bond motifs is 1. The number of carboxylic acids is 1. The van der Waals surface area contributed by atoms with E-state index in [2.05, 4.69) is 15.6 Å². The van der Waals surface area contributed by atoms with Crippen LogP contribution in [0.15, 0.2) is 30.5 Å². The first-order valence-corrected chi connectivity index (χ1v) is 12.5. The smallest absolute Gasteiger partial charge is 0.326 e. The van der Waals surface area contributed by atoms with E-state index in [1.165, 1.54) is 4.90 Å². The van der Waals surface area contributed by atoms with Gasteiger partial charge in [-0.1, -0.05) is 18.2 Å². The second-order valence-corrected chi connectivity index (χ2v) is 9.29. The zero-order valence-corrected chi connectivity index (χ0v) is 20.7. The van der Waals surface area contributed by atoms with Gasteiger partial charge in [-0.25, -0.2) is 4.79 Å². The molecule has 0 saturated carbocycles. The molecule has 2 heterocycles. The summed E-state index contributed by atoms with van der Waals surface area (Å²) in [4.78, 5) is 54.8. The molecule has 0 spiro atoms. The molecule has 0 aliphatic carbocycles. The lowest BCUT2D eigenvalue weighted by Crippen LogP contribution is -2.57. The Balaban J connectivity index is 1.60. The quantitative estimate of drug-likeness (QED) is 0.168. The highest BCUT2D eigenvalue weighted by Gasteiger charge is 2.38. The summed E-state index contributed by atoms with van der Waals surface area (Å²) in [5.74, 6) is -3.01. The van der Waals surface area contributed by atoms with Crippen LogP contribution in [0.3, 0.4) is 0 Å².